The van der Waals surface area contributed by atoms with Crippen molar-refractivity contribution in [3.05, 3.63) is 39.4 Å². The third-order valence-electron chi connectivity index (χ3n) is 2.10. The van der Waals surface area contributed by atoms with E-state index in [9.17, 15) is 10.1 Å². The van der Waals surface area contributed by atoms with Crippen molar-refractivity contribution in [3.63, 3.8) is 0 Å². The summed E-state index contributed by atoms with van der Waals surface area (Å²) in [6, 6.07) is 4.84. The SMILES string of the molecule is CC(C)c1ccc([N+](=O)[O-])cc1CCl. The Bertz CT molecular complexity index is 350. The Morgan fingerprint density at radius 3 is 2.57 bits per heavy atom. The number of benzene rings is 1. The highest BCUT2D eigenvalue weighted by molar-refractivity contribution is 6.17. The molecule has 0 unspecified atom stereocenters. The molecule has 0 radical (unpaired) electrons. The third-order valence-corrected chi connectivity index (χ3v) is 2.39. The van der Waals surface area contributed by atoms with Crippen molar-refractivity contribution in [3.8, 4) is 0 Å². The normalized spacial score (nSPS) is 10.6. The molecule has 0 N–H and O–H groups in total. The van der Waals surface area contributed by atoms with E-state index in [1.807, 2.05) is 13.8 Å². The smallest absolute Gasteiger partial charge is 0.258 e. The third kappa shape index (κ3) is 2.23. The number of hydrogen-bond donors (Lipinski definition) is 0. The van der Waals surface area contributed by atoms with Gasteiger partial charge in [-0.3, -0.25) is 10.1 Å². The van der Waals surface area contributed by atoms with Crippen molar-refractivity contribution in [2.24, 2.45) is 0 Å². The van der Waals surface area contributed by atoms with E-state index in [1.54, 1.807) is 12.1 Å². The second-order valence-corrected chi connectivity index (χ2v) is 3.70. The lowest BCUT2D eigenvalue weighted by Gasteiger charge is -2.09. The number of non-ortho nitro benzene ring substituents is 1. The van der Waals surface area contributed by atoms with Gasteiger partial charge >= 0.3 is 0 Å². The number of alkyl halides is 1. The molecule has 0 fully saturated rings. The quantitative estimate of drug-likeness (QED) is 0.439. The first-order chi connectivity index (χ1) is 6.56. The number of halogens is 1. The average Bonchev–Trinajstić information content (AvgIpc) is 2.16. The Morgan fingerprint density at radius 2 is 2.14 bits per heavy atom. The summed E-state index contributed by atoms with van der Waals surface area (Å²) in [6.45, 7) is 4.08. The summed E-state index contributed by atoms with van der Waals surface area (Å²) < 4.78 is 0. The van der Waals surface area contributed by atoms with Crippen LogP contribution in [0.1, 0.15) is 30.9 Å². The van der Waals surface area contributed by atoms with Crippen LogP contribution >= 0.6 is 11.6 Å². The van der Waals surface area contributed by atoms with E-state index in [0.717, 1.165) is 11.1 Å². The second kappa shape index (κ2) is 4.42. The van der Waals surface area contributed by atoms with Gasteiger partial charge in [0.2, 0.25) is 0 Å². The largest absolute Gasteiger partial charge is 0.269 e. The van der Waals surface area contributed by atoms with Crippen LogP contribution < -0.4 is 0 Å². The van der Waals surface area contributed by atoms with Crippen LogP contribution in [-0.2, 0) is 5.88 Å². The molecule has 0 saturated heterocycles. The minimum Gasteiger partial charge on any atom is -0.258 e. The zero-order chi connectivity index (χ0) is 10.7. The number of nitro groups is 1. The molecule has 3 nitrogen and oxygen atoms in total. The van der Waals surface area contributed by atoms with Gasteiger partial charge in [0.05, 0.1) is 4.92 Å². The highest BCUT2D eigenvalue weighted by Gasteiger charge is 2.11. The summed E-state index contributed by atoms with van der Waals surface area (Å²) in [5.74, 6) is 0.652. The molecule has 0 saturated carbocycles. The summed E-state index contributed by atoms with van der Waals surface area (Å²) >= 11 is 5.73. The standard InChI is InChI=1S/C10H12ClNO2/c1-7(2)10-4-3-9(12(13)14)5-8(10)6-11/h3-5,7H,6H2,1-2H3. The first-order valence-electron chi connectivity index (χ1n) is 4.39. The van der Waals surface area contributed by atoms with E-state index >= 15 is 0 Å². The van der Waals surface area contributed by atoms with Gasteiger partial charge in [0.15, 0.2) is 0 Å². The van der Waals surface area contributed by atoms with Crippen LogP contribution in [0, 0.1) is 10.1 Å². The Morgan fingerprint density at radius 1 is 1.50 bits per heavy atom. The Labute approximate surface area is 87.8 Å². The topological polar surface area (TPSA) is 43.1 Å². The van der Waals surface area contributed by atoms with Crippen LogP contribution in [0.2, 0.25) is 0 Å². The lowest BCUT2D eigenvalue weighted by Crippen LogP contribution is -1.96. The van der Waals surface area contributed by atoms with E-state index in [2.05, 4.69) is 0 Å². The minimum absolute atomic E-state index is 0.102. The maximum absolute atomic E-state index is 10.5. The number of rotatable bonds is 3. The van der Waals surface area contributed by atoms with E-state index in [1.165, 1.54) is 6.07 Å². The summed E-state index contributed by atoms with van der Waals surface area (Å²) in [5, 5.41) is 10.5. The molecule has 1 aromatic carbocycles. The lowest BCUT2D eigenvalue weighted by molar-refractivity contribution is -0.384. The second-order valence-electron chi connectivity index (χ2n) is 3.43. The molecule has 0 aliphatic rings. The molecule has 0 heterocycles. The number of nitro benzene ring substituents is 1. The van der Waals surface area contributed by atoms with Gasteiger partial charge in [-0.25, -0.2) is 0 Å². The van der Waals surface area contributed by atoms with Crippen molar-refractivity contribution in [2.75, 3.05) is 0 Å². The Hall–Kier alpha value is -1.09. The molecule has 76 valence electrons. The zero-order valence-corrected chi connectivity index (χ0v) is 8.91. The van der Waals surface area contributed by atoms with Gasteiger partial charge in [0.1, 0.15) is 0 Å². The summed E-state index contributed by atoms with van der Waals surface area (Å²) in [7, 11) is 0. The van der Waals surface area contributed by atoms with Crippen LogP contribution in [0.5, 0.6) is 0 Å². The van der Waals surface area contributed by atoms with Gasteiger partial charge in [0.25, 0.3) is 5.69 Å². The van der Waals surface area contributed by atoms with Crippen LogP contribution in [0.25, 0.3) is 0 Å². The monoisotopic (exact) mass is 213 g/mol. The Kier molecular flexibility index (Phi) is 3.47. The fraction of sp³-hybridized carbons (Fsp3) is 0.400. The molecule has 0 spiro atoms. The van der Waals surface area contributed by atoms with Gasteiger partial charge in [-0.2, -0.15) is 0 Å². The highest BCUT2D eigenvalue weighted by Crippen LogP contribution is 2.25. The van der Waals surface area contributed by atoms with Crippen molar-refractivity contribution in [1.29, 1.82) is 0 Å². The van der Waals surface area contributed by atoms with E-state index in [-0.39, 0.29) is 5.69 Å². The molecule has 0 amide bonds. The first kappa shape index (κ1) is 11.0. The van der Waals surface area contributed by atoms with Crippen LogP contribution in [0.3, 0.4) is 0 Å². The molecule has 14 heavy (non-hydrogen) atoms. The molecule has 4 heteroatoms. The molecule has 0 aliphatic carbocycles. The van der Waals surface area contributed by atoms with Crippen molar-refractivity contribution in [1.82, 2.24) is 0 Å². The number of hydrogen-bond acceptors (Lipinski definition) is 2. The zero-order valence-electron chi connectivity index (χ0n) is 8.16. The van der Waals surface area contributed by atoms with E-state index in [4.69, 9.17) is 11.6 Å². The fourth-order valence-electron chi connectivity index (χ4n) is 1.38. The molecule has 0 bridgehead atoms. The van der Waals surface area contributed by atoms with Gasteiger partial charge in [0, 0.05) is 18.0 Å². The van der Waals surface area contributed by atoms with Gasteiger partial charge in [-0.05, 0) is 17.0 Å². The number of nitrogens with zero attached hydrogens (tertiary/aromatic N) is 1. The predicted octanol–water partition coefficient (Wildman–Crippen LogP) is 3.46. The van der Waals surface area contributed by atoms with Crippen LogP contribution in [-0.4, -0.2) is 4.92 Å². The predicted molar refractivity (Wildman–Crippen MR) is 56.7 cm³/mol. The minimum atomic E-state index is -0.403. The average molecular weight is 214 g/mol. The molecular formula is C10H12ClNO2. The van der Waals surface area contributed by atoms with Gasteiger partial charge in [-0.15, -0.1) is 11.6 Å². The maximum Gasteiger partial charge on any atom is 0.269 e. The molecule has 1 aromatic rings. The highest BCUT2D eigenvalue weighted by atomic mass is 35.5. The molecule has 0 aliphatic heterocycles. The molecule has 0 atom stereocenters. The lowest BCUT2D eigenvalue weighted by atomic mass is 9.98. The van der Waals surface area contributed by atoms with Gasteiger partial charge < -0.3 is 0 Å². The fourth-order valence-corrected chi connectivity index (χ4v) is 1.62. The molecule has 1 rings (SSSR count). The summed E-state index contributed by atoms with van der Waals surface area (Å²) in [6.07, 6.45) is 0. The molecular weight excluding hydrogens is 202 g/mol. The van der Waals surface area contributed by atoms with Crippen molar-refractivity contribution in [2.45, 2.75) is 25.6 Å². The van der Waals surface area contributed by atoms with Crippen LogP contribution in [0.15, 0.2) is 18.2 Å². The summed E-state index contributed by atoms with van der Waals surface area (Å²) in [4.78, 5) is 10.1. The molecule has 0 aromatic heterocycles. The maximum atomic E-state index is 10.5. The Balaban J connectivity index is 3.18. The first-order valence-corrected chi connectivity index (χ1v) is 4.93. The summed E-state index contributed by atoms with van der Waals surface area (Å²) in [5.41, 5.74) is 2.02. The van der Waals surface area contributed by atoms with E-state index in [0.29, 0.717) is 11.8 Å². The van der Waals surface area contributed by atoms with Crippen molar-refractivity contribution >= 4 is 17.3 Å². The van der Waals surface area contributed by atoms with Gasteiger partial charge in [-0.1, -0.05) is 19.9 Å². The van der Waals surface area contributed by atoms with Crippen molar-refractivity contribution < 1.29 is 4.92 Å². The van der Waals surface area contributed by atoms with Crippen LogP contribution in [0.4, 0.5) is 5.69 Å². The van der Waals surface area contributed by atoms with E-state index < -0.39 is 4.92 Å².